The van der Waals surface area contributed by atoms with Crippen LogP contribution in [0.15, 0.2) is 24.5 Å². The lowest BCUT2D eigenvalue weighted by molar-refractivity contribution is 0.672. The zero-order valence-corrected chi connectivity index (χ0v) is 10.3. The predicted molar refractivity (Wildman–Crippen MR) is 69.9 cm³/mol. The van der Waals surface area contributed by atoms with Crippen LogP contribution in [0.4, 0.5) is 0 Å². The standard InChI is InChI=1S/C14H19N3/c1-2-8-17-10-11(9-16-12-5-6-12)13-4-3-7-15-14(13)17/h3-4,7,10,12,16H,2,5-6,8-9H2,1H3. The summed E-state index contributed by atoms with van der Waals surface area (Å²) in [5, 5.41) is 4.88. The molecule has 1 N–H and O–H groups in total. The SMILES string of the molecule is CCCn1cc(CNC2CC2)c2cccnc21. The summed E-state index contributed by atoms with van der Waals surface area (Å²) in [4.78, 5) is 4.50. The van der Waals surface area contributed by atoms with Gasteiger partial charge in [-0.05, 0) is 37.0 Å². The first-order chi connectivity index (χ1) is 8.38. The van der Waals surface area contributed by atoms with Crippen LogP contribution in [-0.4, -0.2) is 15.6 Å². The maximum atomic E-state index is 4.50. The van der Waals surface area contributed by atoms with E-state index in [-0.39, 0.29) is 0 Å². The number of nitrogens with zero attached hydrogens (tertiary/aromatic N) is 2. The number of fused-ring (bicyclic) bond motifs is 1. The molecule has 2 heterocycles. The van der Waals surface area contributed by atoms with E-state index in [0.717, 1.165) is 31.2 Å². The van der Waals surface area contributed by atoms with Crippen molar-refractivity contribution < 1.29 is 0 Å². The Hall–Kier alpha value is -1.35. The van der Waals surface area contributed by atoms with Gasteiger partial charge in [-0.15, -0.1) is 0 Å². The van der Waals surface area contributed by atoms with Gasteiger partial charge in [-0.1, -0.05) is 6.92 Å². The van der Waals surface area contributed by atoms with E-state index in [2.05, 4.69) is 34.1 Å². The Kier molecular flexibility index (Phi) is 2.85. The average molecular weight is 229 g/mol. The molecular weight excluding hydrogens is 210 g/mol. The van der Waals surface area contributed by atoms with Crippen LogP contribution in [0, 0.1) is 0 Å². The Morgan fingerprint density at radius 1 is 1.47 bits per heavy atom. The van der Waals surface area contributed by atoms with Gasteiger partial charge in [-0.3, -0.25) is 0 Å². The van der Waals surface area contributed by atoms with E-state index in [1.165, 1.54) is 23.8 Å². The first-order valence-corrected chi connectivity index (χ1v) is 6.54. The monoisotopic (exact) mass is 229 g/mol. The molecule has 1 saturated carbocycles. The molecule has 0 bridgehead atoms. The second-order valence-corrected chi connectivity index (χ2v) is 4.88. The Morgan fingerprint density at radius 3 is 3.12 bits per heavy atom. The Balaban J connectivity index is 1.92. The number of hydrogen-bond donors (Lipinski definition) is 1. The third-order valence-corrected chi connectivity index (χ3v) is 3.34. The topological polar surface area (TPSA) is 29.9 Å². The normalized spacial score (nSPS) is 15.6. The molecule has 0 spiro atoms. The number of hydrogen-bond acceptors (Lipinski definition) is 2. The van der Waals surface area contributed by atoms with Crippen molar-refractivity contribution >= 4 is 11.0 Å². The third-order valence-electron chi connectivity index (χ3n) is 3.34. The maximum Gasteiger partial charge on any atom is 0.140 e. The number of pyridine rings is 1. The number of aryl methyl sites for hydroxylation is 1. The lowest BCUT2D eigenvalue weighted by Crippen LogP contribution is -2.14. The summed E-state index contributed by atoms with van der Waals surface area (Å²) in [5.74, 6) is 0. The lowest BCUT2D eigenvalue weighted by Gasteiger charge is -2.00. The molecule has 2 aromatic heterocycles. The molecule has 90 valence electrons. The summed E-state index contributed by atoms with van der Waals surface area (Å²) >= 11 is 0. The number of rotatable bonds is 5. The molecule has 2 aromatic rings. The summed E-state index contributed by atoms with van der Waals surface area (Å²) in [6, 6.07) is 4.97. The number of nitrogens with one attached hydrogen (secondary N) is 1. The van der Waals surface area contributed by atoms with E-state index in [1.807, 2.05) is 12.3 Å². The predicted octanol–water partition coefficient (Wildman–Crippen LogP) is 2.70. The zero-order valence-electron chi connectivity index (χ0n) is 10.3. The summed E-state index contributed by atoms with van der Waals surface area (Å²) in [6.07, 6.45) is 7.97. The highest BCUT2D eigenvalue weighted by Crippen LogP contribution is 2.23. The molecule has 0 aliphatic heterocycles. The van der Waals surface area contributed by atoms with Crippen LogP contribution >= 0.6 is 0 Å². The van der Waals surface area contributed by atoms with Gasteiger partial charge < -0.3 is 9.88 Å². The minimum absolute atomic E-state index is 0.760. The van der Waals surface area contributed by atoms with E-state index in [1.54, 1.807) is 0 Å². The molecule has 0 saturated heterocycles. The molecule has 3 rings (SSSR count). The number of aromatic nitrogens is 2. The summed E-state index contributed by atoms with van der Waals surface area (Å²) in [7, 11) is 0. The molecule has 1 aliphatic rings. The highest BCUT2D eigenvalue weighted by molar-refractivity contribution is 5.80. The fourth-order valence-corrected chi connectivity index (χ4v) is 2.29. The first kappa shape index (κ1) is 10.8. The quantitative estimate of drug-likeness (QED) is 0.854. The Labute approximate surface area is 102 Å². The molecule has 0 atom stereocenters. The van der Waals surface area contributed by atoms with Crippen molar-refractivity contribution in [3.8, 4) is 0 Å². The fraction of sp³-hybridized carbons (Fsp3) is 0.500. The van der Waals surface area contributed by atoms with Crippen molar-refractivity contribution in [2.45, 2.75) is 45.3 Å². The molecule has 0 amide bonds. The molecular formula is C14H19N3. The molecule has 1 aliphatic carbocycles. The van der Waals surface area contributed by atoms with Crippen LogP contribution in [0.2, 0.25) is 0 Å². The molecule has 0 unspecified atom stereocenters. The van der Waals surface area contributed by atoms with Crippen molar-refractivity contribution in [1.82, 2.24) is 14.9 Å². The van der Waals surface area contributed by atoms with E-state index in [0.29, 0.717) is 0 Å². The molecule has 1 fully saturated rings. The summed E-state index contributed by atoms with van der Waals surface area (Å²) in [6.45, 7) is 4.23. The van der Waals surface area contributed by atoms with Gasteiger partial charge >= 0.3 is 0 Å². The highest BCUT2D eigenvalue weighted by Gasteiger charge is 2.20. The lowest BCUT2D eigenvalue weighted by atomic mass is 10.2. The second kappa shape index (κ2) is 4.49. The van der Waals surface area contributed by atoms with Crippen molar-refractivity contribution in [3.05, 3.63) is 30.1 Å². The van der Waals surface area contributed by atoms with Crippen molar-refractivity contribution in [3.63, 3.8) is 0 Å². The Bertz CT molecular complexity index is 511. The minimum Gasteiger partial charge on any atom is -0.332 e. The van der Waals surface area contributed by atoms with Crippen LogP contribution in [0.3, 0.4) is 0 Å². The molecule has 0 radical (unpaired) electrons. The highest BCUT2D eigenvalue weighted by atomic mass is 15.0. The van der Waals surface area contributed by atoms with E-state index in [4.69, 9.17) is 0 Å². The molecule has 17 heavy (non-hydrogen) atoms. The Morgan fingerprint density at radius 2 is 2.35 bits per heavy atom. The first-order valence-electron chi connectivity index (χ1n) is 6.54. The molecule has 3 nitrogen and oxygen atoms in total. The van der Waals surface area contributed by atoms with Crippen LogP contribution in [0.25, 0.3) is 11.0 Å². The van der Waals surface area contributed by atoms with Gasteiger partial charge in [0.2, 0.25) is 0 Å². The van der Waals surface area contributed by atoms with Gasteiger partial charge in [0.05, 0.1) is 0 Å². The second-order valence-electron chi connectivity index (χ2n) is 4.88. The largest absolute Gasteiger partial charge is 0.332 e. The van der Waals surface area contributed by atoms with Crippen molar-refractivity contribution in [2.24, 2.45) is 0 Å². The van der Waals surface area contributed by atoms with Gasteiger partial charge in [-0.25, -0.2) is 4.98 Å². The third kappa shape index (κ3) is 2.20. The molecule has 3 heteroatoms. The van der Waals surface area contributed by atoms with E-state index < -0.39 is 0 Å². The van der Waals surface area contributed by atoms with Gasteiger partial charge in [0.1, 0.15) is 5.65 Å². The average Bonchev–Trinajstić information content (AvgIpc) is 3.12. The van der Waals surface area contributed by atoms with Crippen LogP contribution in [0.5, 0.6) is 0 Å². The van der Waals surface area contributed by atoms with Gasteiger partial charge in [-0.2, -0.15) is 0 Å². The van der Waals surface area contributed by atoms with Gasteiger partial charge in [0, 0.05) is 36.9 Å². The van der Waals surface area contributed by atoms with Crippen molar-refractivity contribution in [1.29, 1.82) is 0 Å². The molecule has 0 aromatic carbocycles. The minimum atomic E-state index is 0.760. The maximum absolute atomic E-state index is 4.50. The summed E-state index contributed by atoms with van der Waals surface area (Å²) in [5.41, 5.74) is 2.51. The van der Waals surface area contributed by atoms with Crippen molar-refractivity contribution in [2.75, 3.05) is 0 Å². The zero-order chi connectivity index (χ0) is 11.7. The van der Waals surface area contributed by atoms with Gasteiger partial charge in [0.25, 0.3) is 0 Å². The van der Waals surface area contributed by atoms with Gasteiger partial charge in [0.15, 0.2) is 0 Å². The smallest absolute Gasteiger partial charge is 0.140 e. The van der Waals surface area contributed by atoms with Crippen LogP contribution in [0.1, 0.15) is 31.7 Å². The summed E-state index contributed by atoms with van der Waals surface area (Å²) < 4.78 is 2.28. The fourth-order valence-electron chi connectivity index (χ4n) is 2.29. The van der Waals surface area contributed by atoms with E-state index in [9.17, 15) is 0 Å². The van der Waals surface area contributed by atoms with E-state index >= 15 is 0 Å². The van der Waals surface area contributed by atoms with Crippen LogP contribution in [-0.2, 0) is 13.1 Å². The van der Waals surface area contributed by atoms with Crippen LogP contribution < -0.4 is 5.32 Å².